The minimum Gasteiger partial charge on any atom is -0.392 e. The van der Waals surface area contributed by atoms with Crippen LogP contribution < -0.4 is 5.43 Å². The highest BCUT2D eigenvalue weighted by molar-refractivity contribution is 5.97. The van der Waals surface area contributed by atoms with E-state index >= 15 is 0 Å². The van der Waals surface area contributed by atoms with Gasteiger partial charge in [0.05, 0.1) is 11.6 Å². The summed E-state index contributed by atoms with van der Waals surface area (Å²) in [6.45, 7) is 5.62. The molecule has 0 aliphatic heterocycles. The summed E-state index contributed by atoms with van der Waals surface area (Å²) in [4.78, 5) is 29.2. The van der Waals surface area contributed by atoms with E-state index in [9.17, 15) is 14.7 Å². The van der Waals surface area contributed by atoms with Crippen molar-refractivity contribution in [1.29, 1.82) is 0 Å². The molecule has 5 heteroatoms. The lowest BCUT2D eigenvalue weighted by Crippen LogP contribution is -2.35. The Morgan fingerprint density at radius 3 is 2.67 bits per heavy atom. The van der Waals surface area contributed by atoms with E-state index < -0.39 is 12.0 Å². The molecule has 1 aromatic heterocycles. The lowest BCUT2D eigenvalue weighted by Gasteiger charge is -2.18. The smallest absolute Gasteiger partial charge is 0.259 e. The Labute approximate surface area is 123 Å². The number of amides is 1. The molecule has 2 N–H and O–H groups in total. The lowest BCUT2D eigenvalue weighted by molar-refractivity contribution is 0.0702. The third-order valence-corrected chi connectivity index (χ3v) is 3.45. The largest absolute Gasteiger partial charge is 0.392 e. The minimum absolute atomic E-state index is 0.0932. The molecule has 5 nitrogen and oxygen atoms in total. The maximum Gasteiger partial charge on any atom is 0.259 e. The van der Waals surface area contributed by atoms with Gasteiger partial charge in [0.15, 0.2) is 0 Å². The third-order valence-electron chi connectivity index (χ3n) is 3.45. The van der Waals surface area contributed by atoms with Gasteiger partial charge < -0.3 is 15.0 Å². The number of fused-ring (bicyclic) bond motifs is 1. The lowest BCUT2D eigenvalue weighted by atomic mass is 10.0. The standard InChI is InChI=1S/C16H20N2O3/c1-9-5-10(2)14-12(6-9)15(20)13(7-17-14)16(21)18(4)8-11(3)19/h5-7,11,19H,8H2,1-4H3,(H,17,20). The molecule has 1 unspecified atom stereocenters. The molecule has 0 saturated heterocycles. The van der Waals surface area contributed by atoms with Crippen molar-refractivity contribution in [3.63, 3.8) is 0 Å². The molecule has 1 heterocycles. The summed E-state index contributed by atoms with van der Waals surface area (Å²) in [5.41, 5.74) is 2.51. The van der Waals surface area contributed by atoms with E-state index in [0.717, 1.165) is 16.6 Å². The van der Waals surface area contributed by atoms with Crippen LogP contribution in [-0.4, -0.2) is 40.6 Å². The zero-order valence-electron chi connectivity index (χ0n) is 12.7. The van der Waals surface area contributed by atoms with Crippen LogP contribution in [0.15, 0.2) is 23.1 Å². The molecule has 0 aliphatic rings. The van der Waals surface area contributed by atoms with Crippen LogP contribution in [-0.2, 0) is 0 Å². The van der Waals surface area contributed by atoms with Crippen molar-refractivity contribution >= 4 is 16.8 Å². The number of likely N-dealkylation sites (N-methyl/N-ethyl adjacent to an activating group) is 1. The first-order chi connectivity index (χ1) is 9.81. The predicted octanol–water partition coefficient (Wildman–Crippen LogP) is 1.60. The Morgan fingerprint density at radius 2 is 2.05 bits per heavy atom. The number of aliphatic hydroxyl groups is 1. The van der Waals surface area contributed by atoms with Gasteiger partial charge in [0.25, 0.3) is 5.91 Å². The maximum atomic E-state index is 12.5. The average Bonchev–Trinajstić information content (AvgIpc) is 2.38. The molecule has 21 heavy (non-hydrogen) atoms. The highest BCUT2D eigenvalue weighted by atomic mass is 16.3. The Kier molecular flexibility index (Phi) is 4.14. The van der Waals surface area contributed by atoms with Gasteiger partial charge in [0.1, 0.15) is 5.56 Å². The first-order valence-corrected chi connectivity index (χ1v) is 6.87. The van der Waals surface area contributed by atoms with Gasteiger partial charge in [-0.2, -0.15) is 0 Å². The normalized spacial score (nSPS) is 12.4. The molecule has 2 rings (SSSR count). The highest BCUT2D eigenvalue weighted by Gasteiger charge is 2.18. The molecular formula is C16H20N2O3. The summed E-state index contributed by atoms with van der Waals surface area (Å²) in [5.74, 6) is -0.391. The highest BCUT2D eigenvalue weighted by Crippen LogP contribution is 2.16. The summed E-state index contributed by atoms with van der Waals surface area (Å²) >= 11 is 0. The molecule has 1 aromatic carbocycles. The molecule has 0 aliphatic carbocycles. The first kappa shape index (κ1) is 15.3. The number of nitrogens with one attached hydrogen (secondary N) is 1. The van der Waals surface area contributed by atoms with Crippen LogP contribution in [0.3, 0.4) is 0 Å². The maximum absolute atomic E-state index is 12.5. The predicted molar refractivity (Wildman–Crippen MR) is 82.7 cm³/mol. The number of aliphatic hydroxyl groups excluding tert-OH is 1. The summed E-state index contributed by atoms with van der Waals surface area (Å²) in [6, 6.07) is 3.77. The van der Waals surface area contributed by atoms with Crippen LogP contribution in [0.5, 0.6) is 0 Å². The second kappa shape index (κ2) is 5.69. The number of H-pyrrole nitrogens is 1. The van der Waals surface area contributed by atoms with Gasteiger partial charge in [0, 0.05) is 25.2 Å². The topological polar surface area (TPSA) is 73.4 Å². The zero-order valence-corrected chi connectivity index (χ0v) is 12.7. The number of carbonyl (C=O) groups is 1. The first-order valence-electron chi connectivity index (χ1n) is 6.87. The molecular weight excluding hydrogens is 268 g/mol. The number of aromatic amines is 1. The van der Waals surface area contributed by atoms with Crippen molar-refractivity contribution in [3.8, 4) is 0 Å². The molecule has 0 saturated carbocycles. The van der Waals surface area contributed by atoms with Crippen LogP contribution in [0.4, 0.5) is 0 Å². The average molecular weight is 288 g/mol. The number of nitrogens with zero attached hydrogens (tertiary/aromatic N) is 1. The SMILES string of the molecule is Cc1cc(C)c2[nH]cc(C(=O)N(C)CC(C)O)c(=O)c2c1. The van der Waals surface area contributed by atoms with Crippen molar-refractivity contribution in [1.82, 2.24) is 9.88 Å². The van der Waals surface area contributed by atoms with Gasteiger partial charge in [-0.3, -0.25) is 9.59 Å². The molecule has 1 atom stereocenters. The van der Waals surface area contributed by atoms with Crippen LogP contribution in [0.2, 0.25) is 0 Å². The number of carbonyl (C=O) groups excluding carboxylic acids is 1. The van der Waals surface area contributed by atoms with Crippen molar-refractivity contribution in [2.45, 2.75) is 26.9 Å². The van der Waals surface area contributed by atoms with E-state index in [4.69, 9.17) is 0 Å². The van der Waals surface area contributed by atoms with Gasteiger partial charge in [-0.25, -0.2) is 0 Å². The Bertz CT molecular complexity index is 747. The Morgan fingerprint density at radius 1 is 1.38 bits per heavy atom. The zero-order chi connectivity index (χ0) is 15.7. The molecule has 2 aromatic rings. The number of aryl methyl sites for hydroxylation is 2. The van der Waals surface area contributed by atoms with E-state index in [2.05, 4.69) is 4.98 Å². The van der Waals surface area contributed by atoms with E-state index in [1.807, 2.05) is 19.9 Å². The fraction of sp³-hybridized carbons (Fsp3) is 0.375. The van der Waals surface area contributed by atoms with Crippen LogP contribution in [0.1, 0.15) is 28.4 Å². The van der Waals surface area contributed by atoms with Gasteiger partial charge in [-0.15, -0.1) is 0 Å². The van der Waals surface area contributed by atoms with Crippen molar-refractivity contribution < 1.29 is 9.90 Å². The fourth-order valence-electron chi connectivity index (χ4n) is 2.54. The second-order valence-electron chi connectivity index (χ2n) is 5.57. The molecule has 1 amide bonds. The van der Waals surface area contributed by atoms with E-state index in [1.54, 1.807) is 20.0 Å². The number of benzene rings is 1. The van der Waals surface area contributed by atoms with Crippen molar-refractivity contribution in [2.75, 3.05) is 13.6 Å². The van der Waals surface area contributed by atoms with Gasteiger partial charge in [-0.05, 0) is 38.0 Å². The quantitative estimate of drug-likeness (QED) is 0.901. The molecule has 0 fully saturated rings. The van der Waals surface area contributed by atoms with E-state index in [-0.39, 0.29) is 17.5 Å². The van der Waals surface area contributed by atoms with Crippen molar-refractivity contribution in [2.24, 2.45) is 0 Å². The van der Waals surface area contributed by atoms with Crippen LogP contribution in [0.25, 0.3) is 10.9 Å². The summed E-state index contributed by atoms with van der Waals surface area (Å²) in [7, 11) is 1.57. The van der Waals surface area contributed by atoms with Gasteiger partial charge in [0.2, 0.25) is 5.43 Å². The summed E-state index contributed by atoms with van der Waals surface area (Å²) in [6.07, 6.45) is 0.816. The molecule has 0 spiro atoms. The number of hydrogen-bond acceptors (Lipinski definition) is 3. The van der Waals surface area contributed by atoms with Crippen LogP contribution in [0, 0.1) is 13.8 Å². The number of pyridine rings is 1. The van der Waals surface area contributed by atoms with Crippen LogP contribution >= 0.6 is 0 Å². The molecule has 112 valence electrons. The monoisotopic (exact) mass is 288 g/mol. The second-order valence-corrected chi connectivity index (χ2v) is 5.57. The summed E-state index contributed by atoms with van der Waals surface area (Å²) in [5, 5.41) is 9.87. The molecule has 0 radical (unpaired) electrons. The number of aromatic nitrogens is 1. The number of rotatable bonds is 3. The Hall–Kier alpha value is -2.14. The van der Waals surface area contributed by atoms with Gasteiger partial charge >= 0.3 is 0 Å². The molecule has 0 bridgehead atoms. The van der Waals surface area contributed by atoms with Gasteiger partial charge in [-0.1, -0.05) is 6.07 Å². The van der Waals surface area contributed by atoms with Crippen molar-refractivity contribution in [3.05, 3.63) is 45.2 Å². The van der Waals surface area contributed by atoms with E-state index in [0.29, 0.717) is 5.39 Å². The number of hydrogen-bond donors (Lipinski definition) is 2. The van der Waals surface area contributed by atoms with E-state index in [1.165, 1.54) is 11.1 Å². The third kappa shape index (κ3) is 2.97. The Balaban J connectivity index is 2.54. The summed E-state index contributed by atoms with van der Waals surface area (Å²) < 4.78 is 0. The minimum atomic E-state index is -0.636. The fourth-order valence-corrected chi connectivity index (χ4v) is 2.54.